The number of pyridine rings is 1. The molecule has 0 atom stereocenters. The minimum absolute atomic E-state index is 0.0517. The zero-order chi connectivity index (χ0) is 23.4. The second-order valence-corrected chi connectivity index (χ2v) is 8.24. The van der Waals surface area contributed by atoms with Crippen LogP contribution in [0.15, 0.2) is 53.0 Å². The number of hydrogen-bond donors (Lipinski definition) is 1. The van der Waals surface area contributed by atoms with Crippen molar-refractivity contribution in [1.82, 2.24) is 14.7 Å². The summed E-state index contributed by atoms with van der Waals surface area (Å²) in [5.41, 5.74) is 1.89. The van der Waals surface area contributed by atoms with E-state index in [4.69, 9.17) is 4.74 Å². The number of aromatic nitrogens is 2. The van der Waals surface area contributed by atoms with Crippen molar-refractivity contribution in [3.05, 3.63) is 75.2 Å². The molecule has 1 aromatic carbocycles. The molecule has 1 saturated carbocycles. The molecule has 33 heavy (non-hydrogen) atoms. The maximum absolute atomic E-state index is 13.4. The van der Waals surface area contributed by atoms with Gasteiger partial charge >= 0.3 is 0 Å². The van der Waals surface area contributed by atoms with Crippen LogP contribution in [-0.4, -0.2) is 21.3 Å². The number of rotatable bonds is 6. The Morgan fingerprint density at radius 3 is 2.67 bits per heavy atom. The third-order valence-electron chi connectivity index (χ3n) is 5.94. The number of nitriles is 1. The first-order valence-electron chi connectivity index (χ1n) is 11.2. The smallest absolute Gasteiger partial charge is 0.269 e. The lowest BCUT2D eigenvalue weighted by Gasteiger charge is -2.13. The van der Waals surface area contributed by atoms with Crippen LogP contribution in [-0.2, 0) is 11.2 Å². The van der Waals surface area contributed by atoms with Gasteiger partial charge in [-0.15, -0.1) is 0 Å². The van der Waals surface area contributed by atoms with Crippen LogP contribution in [0.4, 0.5) is 0 Å². The fraction of sp³-hybridized carbons (Fsp3) is 0.308. The van der Waals surface area contributed by atoms with Gasteiger partial charge in [0.2, 0.25) is 5.88 Å². The van der Waals surface area contributed by atoms with Crippen molar-refractivity contribution in [2.24, 2.45) is 0 Å². The van der Waals surface area contributed by atoms with Gasteiger partial charge in [0.15, 0.2) is 0 Å². The maximum Gasteiger partial charge on any atom is 0.269 e. The Morgan fingerprint density at radius 2 is 2.00 bits per heavy atom. The molecule has 1 fully saturated rings. The van der Waals surface area contributed by atoms with Crippen molar-refractivity contribution < 1.29 is 9.53 Å². The lowest BCUT2D eigenvalue weighted by molar-refractivity contribution is -0.117. The minimum atomic E-state index is -0.489. The molecule has 2 heterocycles. The molecule has 0 bridgehead atoms. The Balaban J connectivity index is 1.80. The summed E-state index contributed by atoms with van der Waals surface area (Å²) in [6.07, 6.45) is 7.69. The van der Waals surface area contributed by atoms with Crippen molar-refractivity contribution >= 4 is 17.6 Å². The number of hydrogen-bond acceptors (Lipinski definition) is 5. The molecule has 0 saturated heterocycles. The Hall–Kier alpha value is -3.92. The molecule has 0 unspecified atom stereocenters. The van der Waals surface area contributed by atoms with Gasteiger partial charge in [-0.3, -0.25) is 14.0 Å². The molecular formula is C26H26N4O3. The Bertz CT molecular complexity index is 1310. The van der Waals surface area contributed by atoms with Crippen LogP contribution in [0.1, 0.15) is 49.3 Å². The number of amides is 1. The molecule has 7 nitrogen and oxygen atoms in total. The zero-order valence-corrected chi connectivity index (χ0v) is 18.8. The van der Waals surface area contributed by atoms with E-state index in [0.717, 1.165) is 43.2 Å². The van der Waals surface area contributed by atoms with Gasteiger partial charge < -0.3 is 10.1 Å². The Labute approximate surface area is 192 Å². The van der Waals surface area contributed by atoms with E-state index in [1.54, 1.807) is 12.3 Å². The van der Waals surface area contributed by atoms with Gasteiger partial charge in [-0.05, 0) is 61.6 Å². The van der Waals surface area contributed by atoms with E-state index in [-0.39, 0.29) is 23.1 Å². The number of nitrogens with zero attached hydrogens (tertiary/aromatic N) is 3. The van der Waals surface area contributed by atoms with Gasteiger partial charge in [-0.1, -0.05) is 38.0 Å². The lowest BCUT2D eigenvalue weighted by Crippen LogP contribution is -2.33. The van der Waals surface area contributed by atoms with E-state index < -0.39 is 11.5 Å². The summed E-state index contributed by atoms with van der Waals surface area (Å²) in [5.74, 6) is 0.0805. The van der Waals surface area contributed by atoms with Crippen molar-refractivity contribution in [1.29, 1.82) is 5.26 Å². The molecule has 1 N–H and O–H groups in total. The highest BCUT2D eigenvalue weighted by Gasteiger charge is 2.21. The first-order chi connectivity index (χ1) is 16.0. The largest absolute Gasteiger partial charge is 0.438 e. The maximum atomic E-state index is 13.4. The monoisotopic (exact) mass is 442 g/mol. The highest BCUT2D eigenvalue weighted by Crippen LogP contribution is 2.25. The molecule has 0 spiro atoms. The summed E-state index contributed by atoms with van der Waals surface area (Å²) in [7, 11) is 0. The molecule has 1 amide bonds. The van der Waals surface area contributed by atoms with Crippen molar-refractivity contribution in [3.63, 3.8) is 0 Å². The van der Waals surface area contributed by atoms with Gasteiger partial charge in [-0.25, -0.2) is 0 Å². The molecule has 3 aromatic rings. The zero-order valence-electron chi connectivity index (χ0n) is 18.8. The lowest BCUT2D eigenvalue weighted by atomic mass is 10.1. The predicted molar refractivity (Wildman–Crippen MR) is 126 cm³/mol. The fourth-order valence-corrected chi connectivity index (χ4v) is 4.02. The van der Waals surface area contributed by atoms with Gasteiger partial charge in [-0.2, -0.15) is 10.2 Å². The average Bonchev–Trinajstić information content (AvgIpc) is 3.33. The molecule has 7 heteroatoms. The molecule has 2 aromatic heterocycles. The van der Waals surface area contributed by atoms with Crippen LogP contribution in [0.2, 0.25) is 0 Å². The quantitative estimate of drug-likeness (QED) is 0.453. The van der Waals surface area contributed by atoms with Gasteiger partial charge in [0.1, 0.15) is 28.6 Å². The normalized spacial score (nSPS) is 14.3. The number of nitrogens with one attached hydrogen (secondary N) is 1. The molecule has 0 radical (unpaired) electrons. The van der Waals surface area contributed by atoms with Crippen molar-refractivity contribution in [2.75, 3.05) is 0 Å². The number of ether oxygens (including phenoxy) is 1. The molecule has 1 aliphatic rings. The summed E-state index contributed by atoms with van der Waals surface area (Å²) in [5, 5.41) is 12.6. The first kappa shape index (κ1) is 22.3. The van der Waals surface area contributed by atoms with Crippen LogP contribution in [0.3, 0.4) is 0 Å². The van der Waals surface area contributed by atoms with Crippen LogP contribution >= 0.6 is 0 Å². The average molecular weight is 443 g/mol. The minimum Gasteiger partial charge on any atom is -0.438 e. The Morgan fingerprint density at radius 1 is 1.27 bits per heavy atom. The third kappa shape index (κ3) is 4.80. The fourth-order valence-electron chi connectivity index (χ4n) is 4.02. The number of fused-ring (bicyclic) bond motifs is 1. The van der Waals surface area contributed by atoms with Crippen LogP contribution in [0.25, 0.3) is 11.7 Å². The highest BCUT2D eigenvalue weighted by atomic mass is 16.5. The summed E-state index contributed by atoms with van der Waals surface area (Å²) >= 11 is 0. The SMILES string of the molecule is CCc1ccc(Oc2nc3c(C)cccn3c(=O)c2C=C(C#N)C(=O)NC2CCCC2)cc1. The predicted octanol–water partition coefficient (Wildman–Crippen LogP) is 4.32. The van der Waals surface area contributed by atoms with Crippen molar-refractivity contribution in [2.45, 2.75) is 52.0 Å². The van der Waals surface area contributed by atoms with E-state index in [1.807, 2.05) is 43.3 Å². The van der Waals surface area contributed by atoms with Gasteiger partial charge in [0.25, 0.3) is 11.5 Å². The van der Waals surface area contributed by atoms with Crippen LogP contribution < -0.4 is 15.6 Å². The Kier molecular flexibility index (Phi) is 6.55. The van der Waals surface area contributed by atoms with E-state index in [2.05, 4.69) is 17.2 Å². The third-order valence-corrected chi connectivity index (χ3v) is 5.94. The van der Waals surface area contributed by atoms with E-state index in [0.29, 0.717) is 11.4 Å². The van der Waals surface area contributed by atoms with Crippen molar-refractivity contribution in [3.8, 4) is 17.7 Å². The highest BCUT2D eigenvalue weighted by molar-refractivity contribution is 6.02. The molecule has 168 valence electrons. The molecule has 0 aliphatic heterocycles. The summed E-state index contributed by atoms with van der Waals surface area (Å²) in [6, 6.07) is 13.1. The number of carbonyl (C=O) groups excluding carboxylic acids is 1. The first-order valence-corrected chi connectivity index (χ1v) is 11.2. The van der Waals surface area contributed by atoms with E-state index in [9.17, 15) is 14.9 Å². The van der Waals surface area contributed by atoms with Gasteiger partial charge in [0, 0.05) is 12.2 Å². The number of benzene rings is 1. The molecule has 4 rings (SSSR count). The standard InChI is InChI=1S/C26H26N4O3/c1-3-18-10-12-21(13-11-18)33-25-22(26(32)30-14-6-7-17(2)23(30)29-25)15-19(16-27)24(31)28-20-8-4-5-9-20/h6-7,10-15,20H,3-5,8-9H2,1-2H3,(H,28,31). The summed E-state index contributed by atoms with van der Waals surface area (Å²) < 4.78 is 7.40. The van der Waals surface area contributed by atoms with Gasteiger partial charge in [0.05, 0.1) is 0 Å². The number of carbonyl (C=O) groups is 1. The molecule has 1 aliphatic carbocycles. The second-order valence-electron chi connectivity index (χ2n) is 8.24. The molecular weight excluding hydrogens is 416 g/mol. The number of aryl methyl sites for hydroxylation is 2. The van der Waals surface area contributed by atoms with E-state index in [1.165, 1.54) is 10.5 Å². The summed E-state index contributed by atoms with van der Waals surface area (Å²) in [4.78, 5) is 30.7. The second kappa shape index (κ2) is 9.70. The van der Waals surface area contributed by atoms with Crippen LogP contribution in [0, 0.1) is 18.3 Å². The van der Waals surface area contributed by atoms with E-state index >= 15 is 0 Å². The summed E-state index contributed by atoms with van der Waals surface area (Å²) in [6.45, 7) is 3.92. The topological polar surface area (TPSA) is 96.5 Å². The van der Waals surface area contributed by atoms with Crippen LogP contribution in [0.5, 0.6) is 11.6 Å².